The van der Waals surface area contributed by atoms with Crippen LogP contribution in [0.25, 0.3) is 0 Å². The van der Waals surface area contributed by atoms with Gasteiger partial charge in [-0.05, 0) is 13.8 Å². The lowest BCUT2D eigenvalue weighted by molar-refractivity contribution is -0.168. The number of hydrogen-bond acceptors (Lipinski definition) is 5. The molecular weight excluding hydrogens is 233 g/mol. The topological polar surface area (TPSA) is 65.1 Å². The molecule has 0 atom stereocenters. The summed E-state index contributed by atoms with van der Waals surface area (Å²) in [4.78, 5) is 16.1. The highest BCUT2D eigenvalue weighted by Crippen LogP contribution is 2.48. The van der Waals surface area contributed by atoms with Crippen LogP contribution in [0.1, 0.15) is 20.3 Å². The lowest BCUT2D eigenvalue weighted by Crippen LogP contribution is -2.26. The molecule has 0 aliphatic heterocycles. The zero-order valence-corrected chi connectivity index (χ0v) is 11.2. The van der Waals surface area contributed by atoms with Gasteiger partial charge in [-0.25, -0.2) is 5.06 Å². The van der Waals surface area contributed by atoms with E-state index in [2.05, 4.69) is 0 Å². The van der Waals surface area contributed by atoms with E-state index in [9.17, 15) is 9.36 Å². The van der Waals surface area contributed by atoms with E-state index < -0.39 is 7.60 Å². The monoisotopic (exact) mass is 253 g/mol. The van der Waals surface area contributed by atoms with Crippen molar-refractivity contribution in [3.05, 3.63) is 0 Å². The highest BCUT2D eigenvalue weighted by Gasteiger charge is 2.25. The van der Waals surface area contributed by atoms with Gasteiger partial charge in [-0.3, -0.25) is 14.2 Å². The van der Waals surface area contributed by atoms with Gasteiger partial charge in [-0.1, -0.05) is 0 Å². The van der Waals surface area contributed by atoms with E-state index in [-0.39, 0.29) is 18.5 Å². The molecule has 0 fully saturated rings. The predicted octanol–water partition coefficient (Wildman–Crippen LogP) is 1.66. The number of rotatable bonds is 8. The maximum atomic E-state index is 12.0. The quantitative estimate of drug-likeness (QED) is 0.486. The van der Waals surface area contributed by atoms with E-state index in [0.29, 0.717) is 13.2 Å². The number of amides is 1. The smallest absolute Gasteiger partial charge is 0.309 e. The standard InChI is InChI=1S/C9H20NO5P/c1-5-14-16(12,15-6-2)8-7-9(11)10(3)13-4/h5-8H2,1-4H3. The molecule has 0 radical (unpaired) electrons. The molecule has 0 spiro atoms. The van der Waals surface area contributed by atoms with Crippen LogP contribution in [-0.4, -0.2) is 44.5 Å². The van der Waals surface area contributed by atoms with Gasteiger partial charge in [-0.2, -0.15) is 0 Å². The van der Waals surface area contributed by atoms with Crippen molar-refractivity contribution in [2.24, 2.45) is 0 Å². The van der Waals surface area contributed by atoms with E-state index >= 15 is 0 Å². The second-order valence-electron chi connectivity index (χ2n) is 2.99. The fourth-order valence-corrected chi connectivity index (χ4v) is 2.64. The Morgan fingerprint density at radius 2 is 1.75 bits per heavy atom. The van der Waals surface area contributed by atoms with Gasteiger partial charge in [0, 0.05) is 13.5 Å². The first-order valence-electron chi connectivity index (χ1n) is 5.17. The molecule has 0 aromatic carbocycles. The molecule has 0 aromatic heterocycles. The average molecular weight is 253 g/mol. The largest absolute Gasteiger partial charge is 0.331 e. The van der Waals surface area contributed by atoms with Crippen molar-refractivity contribution in [1.29, 1.82) is 0 Å². The fourth-order valence-electron chi connectivity index (χ4n) is 1.05. The van der Waals surface area contributed by atoms with Crippen molar-refractivity contribution < 1.29 is 23.2 Å². The van der Waals surface area contributed by atoms with Gasteiger partial charge >= 0.3 is 7.60 Å². The maximum Gasteiger partial charge on any atom is 0.331 e. The van der Waals surface area contributed by atoms with Crippen LogP contribution >= 0.6 is 7.60 Å². The minimum Gasteiger partial charge on any atom is -0.309 e. The Labute approximate surface area is 96.3 Å². The number of nitrogens with zero attached hydrogens (tertiary/aromatic N) is 1. The molecule has 6 nitrogen and oxygen atoms in total. The molecule has 0 aromatic rings. The number of hydrogen-bond donors (Lipinski definition) is 0. The van der Waals surface area contributed by atoms with Crippen LogP contribution in [0.2, 0.25) is 0 Å². The fraction of sp³-hybridized carbons (Fsp3) is 0.889. The SMILES string of the molecule is CCOP(=O)(CCC(=O)N(C)OC)OCC. The van der Waals surface area contributed by atoms with Crippen LogP contribution in [0.3, 0.4) is 0 Å². The molecule has 0 heterocycles. The molecule has 0 aliphatic carbocycles. The molecule has 96 valence electrons. The lowest BCUT2D eigenvalue weighted by atomic mass is 10.4. The Hall–Kier alpha value is -0.420. The molecule has 7 heteroatoms. The summed E-state index contributed by atoms with van der Waals surface area (Å²) in [6, 6.07) is 0. The minimum atomic E-state index is -3.13. The Morgan fingerprint density at radius 1 is 1.25 bits per heavy atom. The third kappa shape index (κ3) is 5.61. The normalized spacial score (nSPS) is 11.5. The van der Waals surface area contributed by atoms with Crippen molar-refractivity contribution in [2.45, 2.75) is 20.3 Å². The summed E-state index contributed by atoms with van der Waals surface area (Å²) in [6.07, 6.45) is 0.142. The van der Waals surface area contributed by atoms with E-state index in [1.54, 1.807) is 13.8 Å². The lowest BCUT2D eigenvalue weighted by Gasteiger charge is -2.18. The van der Waals surface area contributed by atoms with Crippen LogP contribution in [-0.2, 0) is 23.2 Å². The molecule has 0 rings (SSSR count). The van der Waals surface area contributed by atoms with Gasteiger partial charge in [0.25, 0.3) is 0 Å². The summed E-state index contributed by atoms with van der Waals surface area (Å²) in [5.74, 6) is -0.262. The summed E-state index contributed by atoms with van der Waals surface area (Å²) in [5.41, 5.74) is 0. The van der Waals surface area contributed by atoms with E-state index in [0.717, 1.165) is 5.06 Å². The molecule has 0 bridgehead atoms. The minimum absolute atomic E-state index is 0.0706. The molecule has 0 saturated carbocycles. The molecule has 0 aliphatic rings. The maximum absolute atomic E-state index is 12.0. The molecule has 1 amide bonds. The van der Waals surface area contributed by atoms with E-state index in [1.165, 1.54) is 14.2 Å². The van der Waals surface area contributed by atoms with Gasteiger partial charge in [0.15, 0.2) is 0 Å². The second kappa shape index (κ2) is 7.79. The molecule has 16 heavy (non-hydrogen) atoms. The summed E-state index contributed by atoms with van der Waals surface area (Å²) < 4.78 is 22.1. The van der Waals surface area contributed by atoms with E-state index in [1.807, 2.05) is 0 Å². The summed E-state index contributed by atoms with van der Waals surface area (Å²) >= 11 is 0. The van der Waals surface area contributed by atoms with Crippen LogP contribution < -0.4 is 0 Å². The van der Waals surface area contributed by atoms with Gasteiger partial charge in [0.2, 0.25) is 5.91 Å². The highest BCUT2D eigenvalue weighted by molar-refractivity contribution is 7.53. The zero-order chi connectivity index (χ0) is 12.6. The Bertz CT molecular complexity index is 248. The van der Waals surface area contributed by atoms with Crippen molar-refractivity contribution >= 4 is 13.5 Å². The van der Waals surface area contributed by atoms with Crippen molar-refractivity contribution in [2.75, 3.05) is 33.5 Å². The highest BCUT2D eigenvalue weighted by atomic mass is 31.2. The zero-order valence-electron chi connectivity index (χ0n) is 10.3. The summed E-state index contributed by atoms with van der Waals surface area (Å²) in [7, 11) is -0.240. The molecular formula is C9H20NO5P. The summed E-state index contributed by atoms with van der Waals surface area (Å²) in [5, 5.41) is 1.09. The molecule has 0 saturated heterocycles. The van der Waals surface area contributed by atoms with Crippen LogP contribution in [0.4, 0.5) is 0 Å². The summed E-state index contributed by atoms with van der Waals surface area (Å²) in [6.45, 7) is 4.06. The van der Waals surface area contributed by atoms with Crippen LogP contribution in [0, 0.1) is 0 Å². The first-order chi connectivity index (χ1) is 7.49. The first kappa shape index (κ1) is 15.6. The Kier molecular flexibility index (Phi) is 7.58. The van der Waals surface area contributed by atoms with Gasteiger partial charge in [-0.15, -0.1) is 0 Å². The van der Waals surface area contributed by atoms with E-state index in [4.69, 9.17) is 13.9 Å². The van der Waals surface area contributed by atoms with Gasteiger partial charge in [0.1, 0.15) is 0 Å². The van der Waals surface area contributed by atoms with Crippen LogP contribution in [0.15, 0.2) is 0 Å². The average Bonchev–Trinajstić information content (AvgIpc) is 2.25. The number of carbonyl (C=O) groups excluding carboxylic acids is 1. The third-order valence-corrected chi connectivity index (χ3v) is 3.95. The van der Waals surface area contributed by atoms with Crippen molar-refractivity contribution in [3.63, 3.8) is 0 Å². The van der Waals surface area contributed by atoms with Gasteiger partial charge < -0.3 is 9.05 Å². The number of carbonyl (C=O) groups is 1. The van der Waals surface area contributed by atoms with Crippen LogP contribution in [0.5, 0.6) is 0 Å². The number of hydroxylamine groups is 2. The second-order valence-corrected chi connectivity index (χ2v) is 5.18. The molecule has 0 unspecified atom stereocenters. The third-order valence-electron chi connectivity index (χ3n) is 1.88. The Morgan fingerprint density at radius 3 is 2.12 bits per heavy atom. The van der Waals surface area contributed by atoms with Crippen molar-refractivity contribution in [1.82, 2.24) is 5.06 Å². The Balaban J connectivity index is 4.21. The first-order valence-corrected chi connectivity index (χ1v) is 6.90. The molecule has 0 N–H and O–H groups in total. The van der Waals surface area contributed by atoms with Crippen molar-refractivity contribution in [3.8, 4) is 0 Å². The van der Waals surface area contributed by atoms with Gasteiger partial charge in [0.05, 0.1) is 26.5 Å². The predicted molar refractivity (Wildman–Crippen MR) is 60.1 cm³/mol.